The average Bonchev–Trinajstić information content (AvgIpc) is 2.66. The van der Waals surface area contributed by atoms with Crippen LogP contribution in [0.5, 0.6) is 0 Å². The van der Waals surface area contributed by atoms with E-state index >= 15 is 0 Å². The van der Waals surface area contributed by atoms with Crippen LogP contribution in [0.4, 0.5) is 0 Å². The third kappa shape index (κ3) is 3.08. The summed E-state index contributed by atoms with van der Waals surface area (Å²) in [6.45, 7) is 1.94. The summed E-state index contributed by atoms with van der Waals surface area (Å²) in [5.74, 6) is 0. The summed E-state index contributed by atoms with van der Waals surface area (Å²) in [7, 11) is 0. The zero-order valence-corrected chi connectivity index (χ0v) is 8.42. The molecule has 13 heavy (non-hydrogen) atoms. The lowest BCUT2D eigenvalue weighted by Crippen LogP contribution is -2.37. The highest BCUT2D eigenvalue weighted by atomic mass is 32.1. The van der Waals surface area contributed by atoms with Gasteiger partial charge in [-0.15, -0.1) is 0 Å². The molecule has 0 spiro atoms. The van der Waals surface area contributed by atoms with Crippen molar-refractivity contribution in [2.24, 2.45) is 0 Å². The van der Waals surface area contributed by atoms with Crippen molar-refractivity contribution in [3.63, 3.8) is 0 Å². The highest BCUT2D eigenvalue weighted by Gasteiger charge is 2.11. The smallest absolute Gasteiger partial charge is 0.0607 e. The molecule has 1 atom stereocenters. The largest absolute Gasteiger partial charge is 0.395 e. The molecule has 0 saturated carbocycles. The Morgan fingerprint density at radius 1 is 1.46 bits per heavy atom. The maximum Gasteiger partial charge on any atom is 0.0607 e. The summed E-state index contributed by atoms with van der Waals surface area (Å²) in [5.41, 5.74) is 1.19. The van der Waals surface area contributed by atoms with E-state index in [9.17, 15) is 0 Å². The van der Waals surface area contributed by atoms with Gasteiger partial charge in [0.25, 0.3) is 0 Å². The Morgan fingerprint density at radius 2 is 2.15 bits per heavy atom. The fraction of sp³-hybridized carbons (Fsp3) is 0.556. The van der Waals surface area contributed by atoms with Gasteiger partial charge in [-0.25, -0.2) is 0 Å². The van der Waals surface area contributed by atoms with E-state index in [-0.39, 0.29) is 25.3 Å². The summed E-state index contributed by atoms with van der Waals surface area (Å²) in [4.78, 5) is 0. The molecule has 0 bridgehead atoms. The van der Waals surface area contributed by atoms with Crippen LogP contribution in [0.15, 0.2) is 16.8 Å². The first kappa shape index (κ1) is 10.7. The van der Waals surface area contributed by atoms with E-state index in [1.807, 2.05) is 18.4 Å². The second-order valence-corrected chi connectivity index (χ2v) is 3.79. The van der Waals surface area contributed by atoms with Crippen molar-refractivity contribution < 1.29 is 10.2 Å². The lowest BCUT2D eigenvalue weighted by atomic mass is 10.1. The molecule has 1 aromatic heterocycles. The van der Waals surface area contributed by atoms with Crippen LogP contribution in [-0.2, 0) is 0 Å². The van der Waals surface area contributed by atoms with E-state index < -0.39 is 0 Å². The van der Waals surface area contributed by atoms with Gasteiger partial charge < -0.3 is 15.5 Å². The zero-order valence-electron chi connectivity index (χ0n) is 7.60. The molecular weight excluding hydrogens is 186 g/mol. The molecule has 0 radical (unpaired) electrons. The van der Waals surface area contributed by atoms with Crippen LogP contribution in [0.3, 0.4) is 0 Å². The average molecular weight is 201 g/mol. The molecule has 1 unspecified atom stereocenters. The lowest BCUT2D eigenvalue weighted by Gasteiger charge is -2.18. The van der Waals surface area contributed by atoms with Gasteiger partial charge in [0.2, 0.25) is 0 Å². The third-order valence-corrected chi connectivity index (χ3v) is 2.67. The second kappa shape index (κ2) is 5.34. The quantitative estimate of drug-likeness (QED) is 0.659. The van der Waals surface area contributed by atoms with Gasteiger partial charge in [0.05, 0.1) is 19.3 Å². The molecule has 1 heterocycles. The van der Waals surface area contributed by atoms with Gasteiger partial charge in [0.1, 0.15) is 0 Å². The van der Waals surface area contributed by atoms with E-state index in [1.165, 1.54) is 5.56 Å². The van der Waals surface area contributed by atoms with Gasteiger partial charge >= 0.3 is 0 Å². The molecule has 0 aromatic carbocycles. The van der Waals surface area contributed by atoms with Gasteiger partial charge in [-0.05, 0) is 29.3 Å². The Bertz CT molecular complexity index is 222. The summed E-state index contributed by atoms with van der Waals surface area (Å²) in [5, 5.41) is 24.9. The summed E-state index contributed by atoms with van der Waals surface area (Å²) >= 11 is 1.65. The van der Waals surface area contributed by atoms with E-state index in [2.05, 4.69) is 10.7 Å². The molecule has 0 amide bonds. The fourth-order valence-corrected chi connectivity index (χ4v) is 1.89. The third-order valence-electron chi connectivity index (χ3n) is 1.97. The predicted octanol–water partition coefficient (Wildman–Crippen LogP) is 0.752. The highest BCUT2D eigenvalue weighted by molar-refractivity contribution is 7.07. The predicted molar refractivity (Wildman–Crippen MR) is 53.8 cm³/mol. The Kier molecular flexibility index (Phi) is 4.38. The van der Waals surface area contributed by atoms with Crippen molar-refractivity contribution in [1.82, 2.24) is 5.32 Å². The molecular formula is C9H15NO2S. The maximum atomic E-state index is 8.85. The Labute approximate surface area is 82.0 Å². The molecule has 1 rings (SSSR count). The minimum atomic E-state index is -0.227. The molecule has 0 saturated heterocycles. The Balaban J connectivity index is 2.45. The SMILES string of the molecule is CC(NC(CO)CO)c1ccsc1. The van der Waals surface area contributed by atoms with Crippen molar-refractivity contribution in [1.29, 1.82) is 0 Å². The lowest BCUT2D eigenvalue weighted by molar-refractivity contribution is 0.163. The molecule has 1 aromatic rings. The van der Waals surface area contributed by atoms with Crippen LogP contribution in [0.2, 0.25) is 0 Å². The normalized spacial score (nSPS) is 13.5. The van der Waals surface area contributed by atoms with Crippen LogP contribution in [-0.4, -0.2) is 29.5 Å². The molecule has 3 nitrogen and oxygen atoms in total. The summed E-state index contributed by atoms with van der Waals surface area (Å²) < 4.78 is 0. The topological polar surface area (TPSA) is 52.5 Å². The molecule has 0 aliphatic heterocycles. The second-order valence-electron chi connectivity index (χ2n) is 3.01. The number of rotatable bonds is 5. The number of nitrogens with one attached hydrogen (secondary N) is 1. The molecule has 3 N–H and O–H groups in total. The first-order valence-electron chi connectivity index (χ1n) is 4.27. The highest BCUT2D eigenvalue weighted by Crippen LogP contribution is 2.15. The number of hydrogen-bond donors (Lipinski definition) is 3. The van der Waals surface area contributed by atoms with Crippen molar-refractivity contribution in [3.8, 4) is 0 Å². The zero-order chi connectivity index (χ0) is 9.68. The first-order chi connectivity index (χ1) is 6.27. The fourth-order valence-electron chi connectivity index (χ4n) is 1.13. The first-order valence-corrected chi connectivity index (χ1v) is 5.22. The number of aliphatic hydroxyl groups excluding tert-OH is 2. The van der Waals surface area contributed by atoms with Gasteiger partial charge in [0.15, 0.2) is 0 Å². The molecule has 0 fully saturated rings. The summed E-state index contributed by atoms with van der Waals surface area (Å²) in [6.07, 6.45) is 0. The van der Waals surface area contributed by atoms with Crippen LogP contribution in [0, 0.1) is 0 Å². The number of hydrogen-bond acceptors (Lipinski definition) is 4. The standard InChI is InChI=1S/C9H15NO2S/c1-7(8-2-3-13-6-8)10-9(4-11)5-12/h2-3,6-7,9-12H,4-5H2,1H3. The van der Waals surface area contributed by atoms with Crippen molar-refractivity contribution in [2.75, 3.05) is 13.2 Å². The van der Waals surface area contributed by atoms with Crippen LogP contribution < -0.4 is 5.32 Å². The van der Waals surface area contributed by atoms with Gasteiger partial charge in [-0.1, -0.05) is 0 Å². The van der Waals surface area contributed by atoms with E-state index in [4.69, 9.17) is 10.2 Å². The monoisotopic (exact) mass is 201 g/mol. The molecule has 0 aliphatic carbocycles. The molecule has 74 valence electrons. The van der Waals surface area contributed by atoms with Crippen molar-refractivity contribution >= 4 is 11.3 Å². The Hall–Kier alpha value is -0.420. The van der Waals surface area contributed by atoms with Crippen molar-refractivity contribution in [3.05, 3.63) is 22.4 Å². The van der Waals surface area contributed by atoms with E-state index in [0.717, 1.165) is 0 Å². The molecule has 0 aliphatic rings. The number of aliphatic hydroxyl groups is 2. The van der Waals surface area contributed by atoms with Crippen molar-refractivity contribution in [2.45, 2.75) is 19.0 Å². The summed E-state index contributed by atoms with van der Waals surface area (Å²) in [6, 6.07) is 1.99. The van der Waals surface area contributed by atoms with Crippen LogP contribution in [0.25, 0.3) is 0 Å². The minimum Gasteiger partial charge on any atom is -0.395 e. The van der Waals surface area contributed by atoms with Crippen LogP contribution >= 0.6 is 11.3 Å². The van der Waals surface area contributed by atoms with Crippen LogP contribution in [0.1, 0.15) is 18.5 Å². The number of thiophene rings is 1. The minimum absolute atomic E-state index is 0.0367. The Morgan fingerprint density at radius 3 is 2.62 bits per heavy atom. The van der Waals surface area contributed by atoms with Gasteiger partial charge in [0, 0.05) is 6.04 Å². The maximum absolute atomic E-state index is 8.85. The molecule has 4 heteroatoms. The van der Waals surface area contributed by atoms with E-state index in [1.54, 1.807) is 11.3 Å². The van der Waals surface area contributed by atoms with Gasteiger partial charge in [-0.2, -0.15) is 11.3 Å². The van der Waals surface area contributed by atoms with Gasteiger partial charge in [-0.3, -0.25) is 0 Å². The van der Waals surface area contributed by atoms with E-state index in [0.29, 0.717) is 0 Å².